The van der Waals surface area contributed by atoms with Crippen LogP contribution in [0.25, 0.3) is 0 Å². The van der Waals surface area contributed by atoms with E-state index in [1.165, 1.54) is 0 Å². The number of aliphatic hydroxyl groups excluding tert-OH is 4. The van der Waals surface area contributed by atoms with Gasteiger partial charge in [0.1, 0.15) is 0 Å². The normalized spacial score (nSPS) is 9.12. The second kappa shape index (κ2) is 43.8. The van der Waals surface area contributed by atoms with Crippen LogP contribution >= 0.6 is 0 Å². The lowest BCUT2D eigenvalue weighted by Crippen LogP contribution is -2.11. The Morgan fingerprint density at radius 2 is 0.760 bits per heavy atom. The molecule has 0 atom stereocenters. The summed E-state index contributed by atoms with van der Waals surface area (Å²) in [5.41, 5.74) is 0. The smallest absolute Gasteiger partial charge is 0.0701 e. The fourth-order valence-electron chi connectivity index (χ4n) is 0.875. The van der Waals surface area contributed by atoms with Gasteiger partial charge in [-0.25, -0.2) is 0 Å². The quantitative estimate of drug-likeness (QED) is 0.308. The van der Waals surface area contributed by atoms with Crippen molar-refractivity contribution < 1.29 is 44.1 Å². The Hall–Kier alpha value is -0.360. The van der Waals surface area contributed by atoms with Gasteiger partial charge in [-0.1, -0.05) is 0 Å². The molecule has 0 aromatic heterocycles. The van der Waals surface area contributed by atoms with Crippen LogP contribution in [0.5, 0.6) is 0 Å². The molecule has 4 N–H and O–H groups in total. The highest BCUT2D eigenvalue weighted by molar-refractivity contribution is 4.33. The summed E-state index contributed by atoms with van der Waals surface area (Å²) in [5, 5.41) is 32.0. The number of methoxy groups -OCH3 is 1. The average Bonchev–Trinajstić information content (AvgIpc) is 2.62. The molecule has 0 bridgehead atoms. The highest BCUT2D eigenvalue weighted by Crippen LogP contribution is 1.80. The van der Waals surface area contributed by atoms with Gasteiger partial charge in [0.2, 0.25) is 0 Å². The van der Waals surface area contributed by atoms with Crippen molar-refractivity contribution in [1.29, 1.82) is 0 Å². The van der Waals surface area contributed by atoms with Crippen molar-refractivity contribution >= 4 is 0 Å². The SMILES string of the molecule is CCOCC.COC.OCCO.OCCOCCOCCOCCO. The average molecular weight is 376 g/mol. The molecule has 0 aliphatic carbocycles. The lowest BCUT2D eigenvalue weighted by molar-refractivity contribution is 0.00230. The molecule has 0 saturated heterocycles. The first-order valence-corrected chi connectivity index (χ1v) is 8.31. The molecule has 0 amide bonds. The zero-order chi connectivity index (χ0) is 20.0. The van der Waals surface area contributed by atoms with Gasteiger partial charge in [0, 0.05) is 27.4 Å². The number of ether oxygens (including phenoxy) is 5. The van der Waals surface area contributed by atoms with Gasteiger partial charge in [0.25, 0.3) is 0 Å². The largest absolute Gasteiger partial charge is 0.394 e. The van der Waals surface area contributed by atoms with Crippen LogP contribution in [-0.2, 0) is 23.7 Å². The minimum atomic E-state index is -0.125. The maximum absolute atomic E-state index is 8.36. The summed E-state index contributed by atoms with van der Waals surface area (Å²) in [5.74, 6) is 0. The van der Waals surface area contributed by atoms with Crippen molar-refractivity contribution in [3.63, 3.8) is 0 Å². The lowest BCUT2D eigenvalue weighted by Gasteiger charge is -2.04. The van der Waals surface area contributed by atoms with Crippen LogP contribution in [-0.4, -0.2) is 114 Å². The van der Waals surface area contributed by atoms with E-state index < -0.39 is 0 Å². The molecular formula is C16H40O9. The Kier molecular flexibility index (Phi) is 56.6. The van der Waals surface area contributed by atoms with Crippen molar-refractivity contribution in [2.24, 2.45) is 0 Å². The number of hydrogen-bond donors (Lipinski definition) is 4. The topological polar surface area (TPSA) is 127 Å². The second-order valence-electron chi connectivity index (χ2n) is 3.92. The third kappa shape index (κ3) is 69.3. The van der Waals surface area contributed by atoms with Gasteiger partial charge < -0.3 is 44.1 Å². The second-order valence-corrected chi connectivity index (χ2v) is 3.92. The molecule has 0 heterocycles. The van der Waals surface area contributed by atoms with Crippen molar-refractivity contribution in [2.75, 3.05) is 93.5 Å². The van der Waals surface area contributed by atoms with Crippen LogP contribution in [0.3, 0.4) is 0 Å². The van der Waals surface area contributed by atoms with Gasteiger partial charge in [-0.3, -0.25) is 0 Å². The molecule has 0 spiro atoms. The van der Waals surface area contributed by atoms with Gasteiger partial charge in [-0.05, 0) is 13.8 Å². The van der Waals surface area contributed by atoms with Crippen molar-refractivity contribution in [3.8, 4) is 0 Å². The number of aliphatic hydroxyl groups is 4. The van der Waals surface area contributed by atoms with Crippen LogP contribution in [0.2, 0.25) is 0 Å². The van der Waals surface area contributed by atoms with E-state index in [9.17, 15) is 0 Å². The van der Waals surface area contributed by atoms with Crippen molar-refractivity contribution in [1.82, 2.24) is 0 Å². The lowest BCUT2D eigenvalue weighted by atomic mass is 10.7. The van der Waals surface area contributed by atoms with E-state index in [1.54, 1.807) is 14.2 Å². The minimum absolute atomic E-state index is 0.0413. The molecule has 0 aliphatic heterocycles. The number of hydrogen-bond acceptors (Lipinski definition) is 9. The maximum Gasteiger partial charge on any atom is 0.0701 e. The van der Waals surface area contributed by atoms with Crippen molar-refractivity contribution in [2.45, 2.75) is 13.8 Å². The molecule has 25 heavy (non-hydrogen) atoms. The molecule has 0 radical (unpaired) electrons. The van der Waals surface area contributed by atoms with Gasteiger partial charge in [0.05, 0.1) is 66.1 Å². The van der Waals surface area contributed by atoms with E-state index in [4.69, 9.17) is 39.4 Å². The summed E-state index contributed by atoms with van der Waals surface area (Å²) in [7, 11) is 3.25. The molecule has 158 valence electrons. The Labute approximate surface area is 152 Å². The Balaban J connectivity index is -0.000000151. The van der Waals surface area contributed by atoms with E-state index in [0.717, 1.165) is 13.2 Å². The number of rotatable bonds is 13. The first-order valence-electron chi connectivity index (χ1n) is 8.31. The van der Waals surface area contributed by atoms with Gasteiger partial charge in [-0.15, -0.1) is 0 Å². The molecule has 0 aliphatic rings. The van der Waals surface area contributed by atoms with Crippen LogP contribution in [0.4, 0.5) is 0 Å². The van der Waals surface area contributed by atoms with E-state index >= 15 is 0 Å². The van der Waals surface area contributed by atoms with Gasteiger partial charge >= 0.3 is 0 Å². The van der Waals surface area contributed by atoms with Crippen molar-refractivity contribution in [3.05, 3.63) is 0 Å². The highest BCUT2D eigenvalue weighted by Gasteiger charge is 1.89. The first-order chi connectivity index (χ1) is 12.2. The van der Waals surface area contributed by atoms with E-state index in [1.807, 2.05) is 13.8 Å². The summed E-state index contributed by atoms with van der Waals surface area (Å²) in [6.45, 7) is 8.18. The maximum atomic E-state index is 8.36. The van der Waals surface area contributed by atoms with E-state index in [2.05, 4.69) is 4.74 Å². The van der Waals surface area contributed by atoms with Crippen LogP contribution in [0.1, 0.15) is 13.8 Å². The van der Waals surface area contributed by atoms with Gasteiger partial charge in [-0.2, -0.15) is 0 Å². The molecule has 9 nitrogen and oxygen atoms in total. The van der Waals surface area contributed by atoms with E-state index in [0.29, 0.717) is 39.6 Å². The summed E-state index contributed by atoms with van der Waals surface area (Å²) in [6.07, 6.45) is 0. The summed E-state index contributed by atoms with van der Waals surface area (Å²) >= 11 is 0. The first kappa shape index (κ1) is 32.3. The Bertz CT molecular complexity index is 149. The predicted octanol–water partition coefficient (Wildman–Crippen LogP) is -0.703. The van der Waals surface area contributed by atoms with Crippen LogP contribution < -0.4 is 0 Å². The van der Waals surface area contributed by atoms with E-state index in [-0.39, 0.29) is 26.4 Å². The molecule has 0 aromatic carbocycles. The Morgan fingerprint density at radius 1 is 0.480 bits per heavy atom. The zero-order valence-electron chi connectivity index (χ0n) is 16.3. The zero-order valence-corrected chi connectivity index (χ0v) is 16.3. The third-order valence-corrected chi connectivity index (χ3v) is 1.72. The summed E-state index contributed by atoms with van der Waals surface area (Å²) in [6, 6.07) is 0. The van der Waals surface area contributed by atoms with Gasteiger partial charge in [0.15, 0.2) is 0 Å². The summed E-state index contributed by atoms with van der Waals surface area (Å²) < 4.78 is 24.1. The summed E-state index contributed by atoms with van der Waals surface area (Å²) in [4.78, 5) is 0. The molecule has 0 aromatic rings. The fraction of sp³-hybridized carbons (Fsp3) is 1.00. The molecule has 9 heteroatoms. The molecule has 0 fully saturated rings. The van der Waals surface area contributed by atoms with Crippen LogP contribution in [0, 0.1) is 0 Å². The highest BCUT2D eigenvalue weighted by atomic mass is 16.5. The predicted molar refractivity (Wildman–Crippen MR) is 95.9 cm³/mol. The fourth-order valence-corrected chi connectivity index (χ4v) is 0.875. The third-order valence-electron chi connectivity index (χ3n) is 1.72. The molecule has 0 unspecified atom stereocenters. The monoisotopic (exact) mass is 376 g/mol. The Morgan fingerprint density at radius 3 is 0.920 bits per heavy atom. The minimum Gasteiger partial charge on any atom is -0.394 e. The van der Waals surface area contributed by atoms with Crippen LogP contribution in [0.15, 0.2) is 0 Å². The molecular weight excluding hydrogens is 336 g/mol. The molecule has 0 saturated carbocycles. The standard InChI is InChI=1S/C8H18O5.C4H10O.C2H6O2.C2H6O/c9-1-3-11-5-7-13-8-6-12-4-2-10;1-3-5-4-2;3-1-2-4;1-3-2/h9-10H,1-8H2;3-4H2,1-2H3;3-4H,1-2H2;1-2H3. The molecule has 0 rings (SSSR count).